The smallest absolute Gasteiger partial charge is 0.118 e. The third-order valence-electron chi connectivity index (χ3n) is 2.20. The van der Waals surface area contributed by atoms with Crippen LogP contribution in [0.1, 0.15) is 18.4 Å². The molecule has 0 saturated heterocycles. The summed E-state index contributed by atoms with van der Waals surface area (Å²) >= 11 is 3.40. The number of aryl methyl sites for hydroxylation is 1. The van der Waals surface area contributed by atoms with E-state index in [0.717, 1.165) is 30.3 Å². The van der Waals surface area contributed by atoms with Crippen molar-refractivity contribution in [2.75, 3.05) is 12.4 Å². The fourth-order valence-electron chi connectivity index (χ4n) is 1.34. The van der Waals surface area contributed by atoms with Crippen molar-refractivity contribution in [3.05, 3.63) is 42.0 Å². The van der Waals surface area contributed by atoms with Crippen molar-refractivity contribution in [2.45, 2.75) is 19.3 Å². The largest absolute Gasteiger partial charge is 0.497 e. The standard InChI is InChI=1S/C13H17BrO/c1-15-13-9-7-12(8-10-13)6-4-2-3-5-11-14/h2-3,7-10H,4-6,11H2,1H3. The molecule has 2 heteroatoms. The number of benzene rings is 1. The Morgan fingerprint density at radius 2 is 1.80 bits per heavy atom. The molecule has 0 aromatic heterocycles. The van der Waals surface area contributed by atoms with Gasteiger partial charge in [-0.3, -0.25) is 0 Å². The Morgan fingerprint density at radius 1 is 1.13 bits per heavy atom. The van der Waals surface area contributed by atoms with Crippen LogP contribution in [0.15, 0.2) is 36.4 Å². The molecule has 82 valence electrons. The molecule has 0 amide bonds. The summed E-state index contributed by atoms with van der Waals surface area (Å²) in [6.45, 7) is 0. The molecule has 0 unspecified atom stereocenters. The van der Waals surface area contributed by atoms with Gasteiger partial charge in [-0.15, -0.1) is 0 Å². The maximum atomic E-state index is 5.11. The number of hydrogen-bond donors (Lipinski definition) is 0. The van der Waals surface area contributed by atoms with Crippen molar-refractivity contribution >= 4 is 15.9 Å². The Morgan fingerprint density at radius 3 is 2.40 bits per heavy atom. The summed E-state index contributed by atoms with van der Waals surface area (Å²) < 4.78 is 5.11. The molecule has 0 spiro atoms. The van der Waals surface area contributed by atoms with Crippen molar-refractivity contribution in [2.24, 2.45) is 0 Å². The van der Waals surface area contributed by atoms with Crippen molar-refractivity contribution in [3.63, 3.8) is 0 Å². The van der Waals surface area contributed by atoms with Crippen LogP contribution in [-0.2, 0) is 6.42 Å². The molecular weight excluding hydrogens is 252 g/mol. The van der Waals surface area contributed by atoms with Gasteiger partial charge in [0.25, 0.3) is 0 Å². The molecule has 1 nitrogen and oxygen atoms in total. The van der Waals surface area contributed by atoms with Gasteiger partial charge in [0.2, 0.25) is 0 Å². The Kier molecular flexibility index (Phi) is 6.17. The summed E-state index contributed by atoms with van der Waals surface area (Å²) in [5, 5.41) is 1.05. The van der Waals surface area contributed by atoms with E-state index in [9.17, 15) is 0 Å². The Balaban J connectivity index is 2.31. The van der Waals surface area contributed by atoms with Gasteiger partial charge in [-0.25, -0.2) is 0 Å². The summed E-state index contributed by atoms with van der Waals surface area (Å²) in [6, 6.07) is 8.27. The highest BCUT2D eigenvalue weighted by molar-refractivity contribution is 9.09. The lowest BCUT2D eigenvalue weighted by atomic mass is 10.1. The van der Waals surface area contributed by atoms with Gasteiger partial charge >= 0.3 is 0 Å². The van der Waals surface area contributed by atoms with Gasteiger partial charge in [0.15, 0.2) is 0 Å². The summed E-state index contributed by atoms with van der Waals surface area (Å²) in [4.78, 5) is 0. The zero-order valence-corrected chi connectivity index (χ0v) is 10.7. The molecule has 0 radical (unpaired) electrons. The van der Waals surface area contributed by atoms with E-state index in [2.05, 4.69) is 40.2 Å². The third-order valence-corrected chi connectivity index (χ3v) is 2.66. The van der Waals surface area contributed by atoms with E-state index in [1.807, 2.05) is 12.1 Å². The highest BCUT2D eigenvalue weighted by atomic mass is 79.9. The van der Waals surface area contributed by atoms with Crippen LogP contribution < -0.4 is 4.74 Å². The van der Waals surface area contributed by atoms with Crippen LogP contribution in [0.4, 0.5) is 0 Å². The highest BCUT2D eigenvalue weighted by Gasteiger charge is 1.92. The number of hydrogen-bond acceptors (Lipinski definition) is 1. The molecule has 0 N–H and O–H groups in total. The monoisotopic (exact) mass is 268 g/mol. The first-order valence-electron chi connectivity index (χ1n) is 5.20. The molecule has 1 aromatic carbocycles. The molecule has 1 aromatic rings. The zero-order valence-electron chi connectivity index (χ0n) is 9.08. The topological polar surface area (TPSA) is 9.23 Å². The predicted octanol–water partition coefficient (Wildman–Crippen LogP) is 3.97. The third kappa shape index (κ3) is 5.03. The minimum atomic E-state index is 0.925. The zero-order chi connectivity index (χ0) is 10.9. The molecule has 0 fully saturated rings. The van der Waals surface area contributed by atoms with Crippen LogP contribution in [0, 0.1) is 0 Å². The van der Waals surface area contributed by atoms with Crippen molar-refractivity contribution in [1.29, 1.82) is 0 Å². The lowest BCUT2D eigenvalue weighted by Crippen LogP contribution is -1.85. The van der Waals surface area contributed by atoms with Crippen molar-refractivity contribution < 1.29 is 4.74 Å². The Labute approximate surface area is 100 Å². The molecule has 0 aliphatic carbocycles. The number of methoxy groups -OCH3 is 1. The molecule has 0 atom stereocenters. The highest BCUT2D eigenvalue weighted by Crippen LogP contribution is 2.12. The maximum absolute atomic E-state index is 5.11. The maximum Gasteiger partial charge on any atom is 0.118 e. The SMILES string of the molecule is COc1ccc(CCC=CCCBr)cc1. The average Bonchev–Trinajstić information content (AvgIpc) is 2.30. The van der Waals surface area contributed by atoms with Crippen LogP contribution in [0.25, 0.3) is 0 Å². The lowest BCUT2D eigenvalue weighted by Gasteiger charge is -2.01. The summed E-state index contributed by atoms with van der Waals surface area (Å²) in [5.74, 6) is 0.925. The quantitative estimate of drug-likeness (QED) is 0.561. The van der Waals surface area contributed by atoms with Gasteiger partial charge in [0, 0.05) is 5.33 Å². The van der Waals surface area contributed by atoms with Gasteiger partial charge in [0.05, 0.1) is 7.11 Å². The first-order chi connectivity index (χ1) is 7.36. The summed E-state index contributed by atoms with van der Waals surface area (Å²) in [7, 11) is 1.69. The second-order valence-electron chi connectivity index (χ2n) is 3.34. The first-order valence-corrected chi connectivity index (χ1v) is 6.33. The second kappa shape index (κ2) is 7.52. The van der Waals surface area contributed by atoms with Gasteiger partial charge in [-0.1, -0.05) is 40.2 Å². The van der Waals surface area contributed by atoms with E-state index in [4.69, 9.17) is 4.74 Å². The molecule has 15 heavy (non-hydrogen) atoms. The number of halogens is 1. The van der Waals surface area contributed by atoms with E-state index in [1.54, 1.807) is 7.11 Å². The molecular formula is C13H17BrO. The second-order valence-corrected chi connectivity index (χ2v) is 4.13. The predicted molar refractivity (Wildman–Crippen MR) is 68.9 cm³/mol. The lowest BCUT2D eigenvalue weighted by molar-refractivity contribution is 0.414. The molecule has 0 bridgehead atoms. The minimum absolute atomic E-state index is 0.925. The summed E-state index contributed by atoms with van der Waals surface area (Å²) in [5.41, 5.74) is 1.36. The first kappa shape index (κ1) is 12.3. The fourth-order valence-corrected chi connectivity index (χ4v) is 1.61. The van der Waals surface area contributed by atoms with Gasteiger partial charge < -0.3 is 4.74 Å². The van der Waals surface area contributed by atoms with Crippen LogP contribution in [-0.4, -0.2) is 12.4 Å². The van der Waals surface area contributed by atoms with E-state index >= 15 is 0 Å². The average molecular weight is 269 g/mol. The van der Waals surface area contributed by atoms with E-state index in [1.165, 1.54) is 5.56 Å². The number of allylic oxidation sites excluding steroid dienone is 2. The molecule has 0 heterocycles. The van der Waals surface area contributed by atoms with E-state index in [-0.39, 0.29) is 0 Å². The minimum Gasteiger partial charge on any atom is -0.497 e. The molecule has 0 aliphatic rings. The van der Waals surface area contributed by atoms with Gasteiger partial charge in [0.1, 0.15) is 5.75 Å². The van der Waals surface area contributed by atoms with Crippen LogP contribution in [0.5, 0.6) is 5.75 Å². The van der Waals surface area contributed by atoms with Crippen LogP contribution >= 0.6 is 15.9 Å². The molecule has 0 aliphatic heterocycles. The van der Waals surface area contributed by atoms with E-state index < -0.39 is 0 Å². The molecule has 0 saturated carbocycles. The normalized spacial score (nSPS) is 10.8. The van der Waals surface area contributed by atoms with Gasteiger partial charge in [-0.2, -0.15) is 0 Å². The van der Waals surface area contributed by atoms with E-state index in [0.29, 0.717) is 0 Å². The Bertz CT molecular complexity index is 290. The molecule has 1 rings (SSSR count). The number of alkyl halides is 1. The van der Waals surface area contributed by atoms with Gasteiger partial charge in [-0.05, 0) is 37.0 Å². The fraction of sp³-hybridized carbons (Fsp3) is 0.385. The van der Waals surface area contributed by atoms with Crippen molar-refractivity contribution in [3.8, 4) is 5.75 Å². The van der Waals surface area contributed by atoms with Crippen LogP contribution in [0.2, 0.25) is 0 Å². The van der Waals surface area contributed by atoms with Crippen molar-refractivity contribution in [1.82, 2.24) is 0 Å². The number of rotatable bonds is 6. The van der Waals surface area contributed by atoms with Crippen LogP contribution in [0.3, 0.4) is 0 Å². The summed E-state index contributed by atoms with van der Waals surface area (Å²) in [6.07, 6.45) is 7.79. The number of ether oxygens (including phenoxy) is 1. The Hall–Kier alpha value is -0.760.